The highest BCUT2D eigenvalue weighted by Crippen LogP contribution is 2.40. The first-order valence-electron chi connectivity index (χ1n) is 7.92. The molecule has 7 heteroatoms. The number of ketones is 1. The summed E-state index contributed by atoms with van der Waals surface area (Å²) in [6.45, 7) is 1.96. The molecule has 2 atom stereocenters. The number of thiazole rings is 1. The van der Waals surface area contributed by atoms with Crippen LogP contribution in [0.1, 0.15) is 27.0 Å². The summed E-state index contributed by atoms with van der Waals surface area (Å²) in [5, 5.41) is 3.73. The van der Waals surface area contributed by atoms with Crippen molar-refractivity contribution >= 4 is 40.3 Å². The number of carbonyl (C=O) groups excluding carboxylic acids is 1. The van der Waals surface area contributed by atoms with Crippen LogP contribution < -0.4 is 10.5 Å². The third-order valence-electron chi connectivity index (χ3n) is 4.32. The Balaban J connectivity index is 1.65. The smallest absolute Gasteiger partial charge is 0.206 e. The van der Waals surface area contributed by atoms with Crippen molar-refractivity contribution in [2.75, 3.05) is 0 Å². The molecule has 0 aliphatic carbocycles. The second-order valence-corrected chi connectivity index (χ2v) is 7.96. The molecule has 4 rings (SSSR count). The van der Waals surface area contributed by atoms with Gasteiger partial charge in [-0.2, -0.15) is 0 Å². The van der Waals surface area contributed by atoms with Gasteiger partial charge in [0.05, 0.1) is 21.8 Å². The molecule has 2 heterocycles. The van der Waals surface area contributed by atoms with Crippen LogP contribution in [0.2, 0.25) is 10.0 Å². The number of halogens is 2. The molecule has 0 bridgehead atoms. The van der Waals surface area contributed by atoms with E-state index in [2.05, 4.69) is 4.98 Å². The number of nitrogens with two attached hydrogens (primary N) is 1. The van der Waals surface area contributed by atoms with Crippen LogP contribution >= 0.6 is 34.5 Å². The number of nitrogens with zero attached hydrogens (tertiary/aromatic N) is 1. The largest absolute Gasteiger partial charge is 0.480 e. The van der Waals surface area contributed by atoms with Crippen LogP contribution in [0.3, 0.4) is 0 Å². The summed E-state index contributed by atoms with van der Waals surface area (Å²) < 4.78 is 5.90. The number of fused-ring (bicyclic) bond motifs is 1. The van der Waals surface area contributed by atoms with Gasteiger partial charge in [-0.3, -0.25) is 4.79 Å². The monoisotopic (exact) mass is 404 g/mol. The SMILES string of the molecule is Cc1nc(-c2ccc3c(c2)OC(C(=O)c2ccc(Cl)cc2Cl)C3N)cs1. The first-order chi connectivity index (χ1) is 12.4. The highest BCUT2D eigenvalue weighted by atomic mass is 35.5. The van der Waals surface area contributed by atoms with E-state index in [0.29, 0.717) is 16.3 Å². The van der Waals surface area contributed by atoms with Crippen LogP contribution in [0.4, 0.5) is 0 Å². The molecule has 0 saturated carbocycles. The molecule has 0 saturated heterocycles. The van der Waals surface area contributed by atoms with Crippen LogP contribution in [0, 0.1) is 6.92 Å². The number of ether oxygens (including phenoxy) is 1. The normalized spacial score (nSPS) is 18.5. The van der Waals surface area contributed by atoms with E-state index < -0.39 is 12.1 Å². The minimum absolute atomic E-state index is 0.263. The van der Waals surface area contributed by atoms with E-state index in [4.69, 9.17) is 33.7 Å². The minimum atomic E-state index is -0.823. The van der Waals surface area contributed by atoms with Crippen molar-refractivity contribution in [3.8, 4) is 17.0 Å². The van der Waals surface area contributed by atoms with Gasteiger partial charge >= 0.3 is 0 Å². The Hall–Kier alpha value is -1.92. The Kier molecular flexibility index (Phi) is 4.49. The van der Waals surface area contributed by atoms with Gasteiger partial charge in [0.25, 0.3) is 0 Å². The van der Waals surface area contributed by atoms with E-state index in [1.54, 1.807) is 23.5 Å². The lowest BCUT2D eigenvalue weighted by molar-refractivity contribution is 0.0795. The summed E-state index contributed by atoms with van der Waals surface area (Å²) in [5.74, 6) is 0.338. The van der Waals surface area contributed by atoms with E-state index >= 15 is 0 Å². The van der Waals surface area contributed by atoms with E-state index in [9.17, 15) is 4.79 Å². The number of rotatable bonds is 3. The van der Waals surface area contributed by atoms with Crippen molar-refractivity contribution in [1.29, 1.82) is 0 Å². The number of carbonyl (C=O) groups is 1. The van der Waals surface area contributed by atoms with Crippen molar-refractivity contribution in [1.82, 2.24) is 4.98 Å². The maximum Gasteiger partial charge on any atom is 0.206 e. The Morgan fingerprint density at radius 2 is 2.04 bits per heavy atom. The summed E-state index contributed by atoms with van der Waals surface area (Å²) >= 11 is 13.6. The topological polar surface area (TPSA) is 65.2 Å². The Bertz CT molecular complexity index is 1020. The van der Waals surface area contributed by atoms with Gasteiger partial charge in [-0.1, -0.05) is 35.3 Å². The molecule has 0 radical (unpaired) electrons. The molecule has 2 N–H and O–H groups in total. The summed E-state index contributed by atoms with van der Waals surface area (Å²) in [5.41, 5.74) is 9.22. The molecule has 1 aliphatic rings. The van der Waals surface area contributed by atoms with Crippen LogP contribution in [-0.2, 0) is 0 Å². The molecule has 4 nitrogen and oxygen atoms in total. The van der Waals surface area contributed by atoms with Crippen molar-refractivity contribution in [2.24, 2.45) is 5.73 Å². The molecule has 3 aromatic rings. The molecule has 0 spiro atoms. The average molecular weight is 405 g/mol. The standard InChI is InChI=1S/C19H14Cl2N2O2S/c1-9-23-15(8-26-9)10-2-4-13-16(6-10)25-19(17(13)22)18(24)12-5-3-11(20)7-14(12)21/h2-8,17,19H,22H2,1H3. The molecule has 1 aliphatic heterocycles. The lowest BCUT2D eigenvalue weighted by Crippen LogP contribution is -2.33. The lowest BCUT2D eigenvalue weighted by atomic mass is 9.97. The van der Waals surface area contributed by atoms with Crippen molar-refractivity contribution in [3.63, 3.8) is 0 Å². The maximum atomic E-state index is 12.9. The van der Waals surface area contributed by atoms with Gasteiger partial charge < -0.3 is 10.5 Å². The number of benzene rings is 2. The van der Waals surface area contributed by atoms with Gasteiger partial charge in [0.1, 0.15) is 5.75 Å². The van der Waals surface area contributed by atoms with Gasteiger partial charge in [0.2, 0.25) is 5.78 Å². The summed E-state index contributed by atoms with van der Waals surface area (Å²) in [7, 11) is 0. The van der Waals surface area contributed by atoms with E-state index in [1.165, 1.54) is 6.07 Å². The highest BCUT2D eigenvalue weighted by molar-refractivity contribution is 7.09. The molecule has 132 valence electrons. The van der Waals surface area contributed by atoms with Gasteiger partial charge in [0, 0.05) is 27.1 Å². The average Bonchev–Trinajstić information content (AvgIpc) is 3.18. The molecular formula is C19H14Cl2N2O2S. The number of aromatic nitrogens is 1. The van der Waals surface area contributed by atoms with Crippen LogP contribution in [0.5, 0.6) is 5.75 Å². The predicted octanol–water partition coefficient (Wildman–Crippen LogP) is 5.07. The Morgan fingerprint density at radius 1 is 1.23 bits per heavy atom. The zero-order chi connectivity index (χ0) is 18.4. The summed E-state index contributed by atoms with van der Waals surface area (Å²) in [6, 6.07) is 9.90. The first kappa shape index (κ1) is 17.5. The van der Waals surface area contributed by atoms with Gasteiger partial charge in [-0.25, -0.2) is 4.98 Å². The fourth-order valence-corrected chi connectivity index (χ4v) is 4.12. The first-order valence-corrected chi connectivity index (χ1v) is 9.55. The minimum Gasteiger partial charge on any atom is -0.480 e. The van der Waals surface area contributed by atoms with Gasteiger partial charge in [-0.05, 0) is 31.2 Å². The highest BCUT2D eigenvalue weighted by Gasteiger charge is 2.38. The lowest BCUT2D eigenvalue weighted by Gasteiger charge is -2.15. The second-order valence-electron chi connectivity index (χ2n) is 6.06. The van der Waals surface area contributed by atoms with Gasteiger partial charge in [-0.15, -0.1) is 11.3 Å². The molecule has 2 unspecified atom stereocenters. The van der Waals surface area contributed by atoms with Gasteiger partial charge in [0.15, 0.2) is 6.10 Å². The third-order valence-corrected chi connectivity index (χ3v) is 5.64. The molecule has 0 amide bonds. The zero-order valence-corrected chi connectivity index (χ0v) is 16.0. The predicted molar refractivity (Wildman–Crippen MR) is 104 cm³/mol. The molecular weight excluding hydrogens is 391 g/mol. The van der Waals surface area contributed by atoms with Crippen LogP contribution in [0.25, 0.3) is 11.3 Å². The van der Waals surface area contributed by atoms with Crippen LogP contribution in [0.15, 0.2) is 41.8 Å². The van der Waals surface area contributed by atoms with E-state index in [0.717, 1.165) is 21.8 Å². The second kappa shape index (κ2) is 6.67. The fourth-order valence-electron chi connectivity index (χ4n) is 3.00. The quantitative estimate of drug-likeness (QED) is 0.618. The van der Waals surface area contributed by atoms with Crippen molar-refractivity contribution in [3.05, 3.63) is 68.0 Å². The van der Waals surface area contributed by atoms with E-state index in [-0.39, 0.29) is 10.8 Å². The Morgan fingerprint density at radius 3 is 2.73 bits per heavy atom. The van der Waals surface area contributed by atoms with Crippen LogP contribution in [-0.4, -0.2) is 16.9 Å². The Labute approximate surface area is 164 Å². The number of aryl methyl sites for hydroxylation is 1. The molecule has 0 fully saturated rings. The maximum absolute atomic E-state index is 12.9. The van der Waals surface area contributed by atoms with Crippen molar-refractivity contribution < 1.29 is 9.53 Å². The number of hydrogen-bond donors (Lipinski definition) is 1. The third kappa shape index (κ3) is 3.01. The summed E-state index contributed by atoms with van der Waals surface area (Å²) in [6.07, 6.45) is -0.823. The molecule has 2 aromatic carbocycles. The molecule has 26 heavy (non-hydrogen) atoms. The summed E-state index contributed by atoms with van der Waals surface area (Å²) in [4.78, 5) is 17.4. The zero-order valence-electron chi connectivity index (χ0n) is 13.7. The number of hydrogen-bond acceptors (Lipinski definition) is 5. The van der Waals surface area contributed by atoms with E-state index in [1.807, 2.05) is 30.5 Å². The van der Waals surface area contributed by atoms with Crippen molar-refractivity contribution in [2.45, 2.75) is 19.1 Å². The number of Topliss-reactive ketones (excluding diaryl/α,β-unsaturated/α-hetero) is 1. The fraction of sp³-hybridized carbons (Fsp3) is 0.158. The molecule has 1 aromatic heterocycles.